The number of likely N-dealkylation sites (N-methyl/N-ethyl adjacent to an activating group) is 1. The normalized spacial score (nSPS) is 11.0. The number of para-hydroxylation sites is 1. The van der Waals surface area contributed by atoms with Crippen LogP contribution in [0.15, 0.2) is 53.3 Å². The fourth-order valence-electron chi connectivity index (χ4n) is 2.89. The van der Waals surface area contributed by atoms with E-state index < -0.39 is 0 Å². The van der Waals surface area contributed by atoms with Crippen LogP contribution in [0.25, 0.3) is 10.9 Å². The zero-order valence-electron chi connectivity index (χ0n) is 13.9. The lowest BCUT2D eigenvalue weighted by molar-refractivity contribution is 0.330. The zero-order chi connectivity index (χ0) is 17.8. The number of halogens is 1. The molecule has 0 fully saturated rings. The summed E-state index contributed by atoms with van der Waals surface area (Å²) in [5, 5.41) is 10.5. The molecule has 5 heteroatoms. The van der Waals surface area contributed by atoms with Crippen molar-refractivity contribution < 1.29 is 0 Å². The number of nitrogens with zero attached hydrogens (tertiary/aromatic N) is 2. The van der Waals surface area contributed by atoms with Crippen LogP contribution in [0.4, 0.5) is 0 Å². The molecule has 3 aromatic rings. The van der Waals surface area contributed by atoms with Crippen molar-refractivity contribution in [3.8, 4) is 6.07 Å². The van der Waals surface area contributed by atoms with E-state index in [0.717, 1.165) is 29.4 Å². The number of hydrogen-bond acceptors (Lipinski definition) is 3. The summed E-state index contributed by atoms with van der Waals surface area (Å²) in [7, 11) is 1.94. The van der Waals surface area contributed by atoms with Crippen LogP contribution in [0.5, 0.6) is 0 Å². The number of H-pyrrole nitrogens is 1. The van der Waals surface area contributed by atoms with Crippen molar-refractivity contribution in [3.05, 3.63) is 80.6 Å². The summed E-state index contributed by atoms with van der Waals surface area (Å²) in [4.78, 5) is 17.3. The summed E-state index contributed by atoms with van der Waals surface area (Å²) in [6.07, 6.45) is 0.739. The summed E-state index contributed by atoms with van der Waals surface area (Å²) in [6, 6.07) is 17.3. The first-order valence-corrected chi connectivity index (χ1v) is 8.44. The molecule has 0 aliphatic heterocycles. The second-order valence-corrected chi connectivity index (χ2v) is 6.43. The molecule has 1 N–H and O–H groups in total. The fourth-order valence-corrected chi connectivity index (χ4v) is 3.20. The van der Waals surface area contributed by atoms with Gasteiger partial charge >= 0.3 is 0 Å². The Morgan fingerprint density at radius 2 is 1.88 bits per heavy atom. The van der Waals surface area contributed by atoms with E-state index in [1.807, 2.05) is 60.5 Å². The summed E-state index contributed by atoms with van der Waals surface area (Å²) in [5.74, 6) is 0. The number of fused-ring (bicyclic) bond motifs is 1. The molecule has 25 heavy (non-hydrogen) atoms. The molecule has 2 aromatic carbocycles. The van der Waals surface area contributed by atoms with Crippen molar-refractivity contribution in [1.29, 1.82) is 5.26 Å². The number of benzene rings is 2. The molecule has 0 atom stereocenters. The lowest BCUT2D eigenvalue weighted by Gasteiger charge is -2.18. The van der Waals surface area contributed by atoms with E-state index in [9.17, 15) is 4.79 Å². The minimum atomic E-state index is -0.159. The quantitative estimate of drug-likeness (QED) is 0.762. The largest absolute Gasteiger partial charge is 0.322 e. The average molecular weight is 352 g/mol. The average Bonchev–Trinajstić information content (AvgIpc) is 2.63. The van der Waals surface area contributed by atoms with E-state index in [1.165, 1.54) is 0 Å². The molecule has 0 amide bonds. The number of nitriles is 1. The number of rotatable bonds is 5. The molecule has 0 aliphatic rings. The predicted octanol–water partition coefficient (Wildman–Crippen LogP) is 3.73. The first-order chi connectivity index (χ1) is 12.1. The van der Waals surface area contributed by atoms with Crippen LogP contribution in [0.1, 0.15) is 16.7 Å². The lowest BCUT2D eigenvalue weighted by Crippen LogP contribution is -2.26. The Bertz CT molecular complexity index is 1000. The minimum absolute atomic E-state index is 0.159. The molecule has 0 saturated carbocycles. The number of aromatic nitrogens is 1. The van der Waals surface area contributed by atoms with E-state index in [-0.39, 0.29) is 5.56 Å². The van der Waals surface area contributed by atoms with Crippen molar-refractivity contribution in [2.45, 2.75) is 13.0 Å². The molecular weight excluding hydrogens is 334 g/mol. The van der Waals surface area contributed by atoms with Gasteiger partial charge in [-0.25, -0.2) is 0 Å². The van der Waals surface area contributed by atoms with Crippen LogP contribution >= 0.6 is 11.6 Å². The summed E-state index contributed by atoms with van der Waals surface area (Å²) in [6.45, 7) is 1.18. The standard InChI is InChI=1S/C20H18ClN3O/c1-24(11-10-14-6-2-3-7-15(14)12-22)13-17-19(21)16-8-4-5-9-18(16)23-20(17)25/h2-9H,10-11,13H2,1H3,(H,23,25). The van der Waals surface area contributed by atoms with E-state index in [0.29, 0.717) is 22.7 Å². The number of pyridine rings is 1. The molecule has 0 bridgehead atoms. The highest BCUT2D eigenvalue weighted by molar-refractivity contribution is 6.36. The molecule has 1 heterocycles. The van der Waals surface area contributed by atoms with Gasteiger partial charge in [0.2, 0.25) is 0 Å². The predicted molar refractivity (Wildman–Crippen MR) is 101 cm³/mol. The van der Waals surface area contributed by atoms with Crippen molar-refractivity contribution in [3.63, 3.8) is 0 Å². The minimum Gasteiger partial charge on any atom is -0.322 e. The van der Waals surface area contributed by atoms with E-state index in [1.54, 1.807) is 0 Å². The molecule has 0 spiro atoms. The molecule has 0 aliphatic carbocycles. The maximum Gasteiger partial charge on any atom is 0.254 e. The van der Waals surface area contributed by atoms with Gasteiger partial charge in [0.15, 0.2) is 0 Å². The van der Waals surface area contributed by atoms with Crippen molar-refractivity contribution in [1.82, 2.24) is 9.88 Å². The SMILES string of the molecule is CN(CCc1ccccc1C#N)Cc1c(Cl)c2ccccc2[nH]c1=O. The van der Waals surface area contributed by atoms with Crippen LogP contribution in [-0.4, -0.2) is 23.5 Å². The smallest absolute Gasteiger partial charge is 0.254 e. The molecule has 0 radical (unpaired) electrons. The van der Waals surface area contributed by atoms with Gasteiger partial charge in [0.25, 0.3) is 5.56 Å². The van der Waals surface area contributed by atoms with Gasteiger partial charge in [0.05, 0.1) is 22.2 Å². The molecular formula is C20H18ClN3O. The maximum atomic E-state index is 12.4. The monoisotopic (exact) mass is 351 g/mol. The van der Waals surface area contributed by atoms with Gasteiger partial charge < -0.3 is 9.88 Å². The Kier molecular flexibility index (Phi) is 5.18. The van der Waals surface area contributed by atoms with Crippen LogP contribution < -0.4 is 5.56 Å². The highest BCUT2D eigenvalue weighted by Gasteiger charge is 2.13. The molecule has 4 nitrogen and oxygen atoms in total. The van der Waals surface area contributed by atoms with E-state index in [2.05, 4.69) is 11.1 Å². The molecule has 1 aromatic heterocycles. The van der Waals surface area contributed by atoms with Gasteiger partial charge in [-0.2, -0.15) is 5.26 Å². The third-order valence-electron chi connectivity index (χ3n) is 4.28. The Hall–Kier alpha value is -2.61. The zero-order valence-corrected chi connectivity index (χ0v) is 14.7. The maximum absolute atomic E-state index is 12.4. The van der Waals surface area contributed by atoms with Gasteiger partial charge in [-0.05, 0) is 31.2 Å². The van der Waals surface area contributed by atoms with Gasteiger partial charge in [-0.15, -0.1) is 0 Å². The number of hydrogen-bond donors (Lipinski definition) is 1. The van der Waals surface area contributed by atoms with Gasteiger partial charge in [-0.1, -0.05) is 48.0 Å². The lowest BCUT2D eigenvalue weighted by atomic mass is 10.1. The summed E-state index contributed by atoms with van der Waals surface area (Å²) < 4.78 is 0. The molecule has 126 valence electrons. The summed E-state index contributed by atoms with van der Waals surface area (Å²) in [5.41, 5.74) is 2.85. The Morgan fingerprint density at radius 1 is 1.16 bits per heavy atom. The molecule has 3 rings (SSSR count). The third-order valence-corrected chi connectivity index (χ3v) is 4.71. The van der Waals surface area contributed by atoms with Crippen LogP contribution in [-0.2, 0) is 13.0 Å². The van der Waals surface area contributed by atoms with Crippen molar-refractivity contribution >= 4 is 22.5 Å². The second kappa shape index (κ2) is 7.52. The van der Waals surface area contributed by atoms with Crippen LogP contribution in [0.2, 0.25) is 5.02 Å². The highest BCUT2D eigenvalue weighted by Crippen LogP contribution is 2.24. The van der Waals surface area contributed by atoms with Gasteiger partial charge in [0, 0.05) is 24.0 Å². The second-order valence-electron chi connectivity index (χ2n) is 6.05. The Morgan fingerprint density at radius 3 is 2.68 bits per heavy atom. The van der Waals surface area contributed by atoms with Crippen molar-refractivity contribution in [2.24, 2.45) is 0 Å². The Labute approximate surface area is 151 Å². The molecule has 0 unspecified atom stereocenters. The third kappa shape index (κ3) is 3.74. The van der Waals surface area contributed by atoms with Gasteiger partial charge in [-0.3, -0.25) is 4.79 Å². The first-order valence-electron chi connectivity index (χ1n) is 8.06. The van der Waals surface area contributed by atoms with E-state index in [4.69, 9.17) is 16.9 Å². The molecule has 0 saturated heterocycles. The van der Waals surface area contributed by atoms with Crippen LogP contribution in [0, 0.1) is 11.3 Å². The fraction of sp³-hybridized carbons (Fsp3) is 0.200. The van der Waals surface area contributed by atoms with Gasteiger partial charge in [0.1, 0.15) is 0 Å². The highest BCUT2D eigenvalue weighted by atomic mass is 35.5. The number of nitrogens with one attached hydrogen (secondary N) is 1. The van der Waals surface area contributed by atoms with Crippen LogP contribution in [0.3, 0.4) is 0 Å². The topological polar surface area (TPSA) is 59.9 Å². The first kappa shape index (κ1) is 17.2. The number of aromatic amines is 1. The van der Waals surface area contributed by atoms with Crippen molar-refractivity contribution in [2.75, 3.05) is 13.6 Å². The van der Waals surface area contributed by atoms with E-state index >= 15 is 0 Å². The Balaban J connectivity index is 1.77. The summed E-state index contributed by atoms with van der Waals surface area (Å²) >= 11 is 6.47.